The highest BCUT2D eigenvalue weighted by Crippen LogP contribution is 2.44. The minimum Gasteiger partial charge on any atom is -0.493 e. The van der Waals surface area contributed by atoms with E-state index in [0.717, 1.165) is 13.2 Å². The van der Waals surface area contributed by atoms with Gasteiger partial charge in [-0.05, 0) is 31.9 Å². The maximum absolute atomic E-state index is 12.9. The van der Waals surface area contributed by atoms with Crippen LogP contribution in [0.25, 0.3) is 0 Å². The molecular formula is C14H17F3O4. The Hall–Kier alpha value is -1.92. The van der Waals surface area contributed by atoms with E-state index in [1.54, 1.807) is 0 Å². The topological polar surface area (TPSA) is 55.8 Å². The number of carbonyl (C=O) groups is 1. The Balaban J connectivity index is 3.40. The van der Waals surface area contributed by atoms with E-state index in [4.69, 9.17) is 14.6 Å². The summed E-state index contributed by atoms with van der Waals surface area (Å²) >= 11 is 0. The Morgan fingerprint density at radius 2 is 1.67 bits per heavy atom. The third-order valence-electron chi connectivity index (χ3n) is 3.12. The first kappa shape index (κ1) is 17.1. The number of alkyl halides is 3. The van der Waals surface area contributed by atoms with Gasteiger partial charge in [-0.3, -0.25) is 4.79 Å². The minimum atomic E-state index is -4.58. The van der Waals surface area contributed by atoms with Crippen molar-refractivity contribution in [2.45, 2.75) is 26.4 Å². The Morgan fingerprint density at radius 1 is 1.14 bits per heavy atom. The van der Waals surface area contributed by atoms with Crippen molar-refractivity contribution in [1.29, 1.82) is 0 Å². The van der Waals surface area contributed by atoms with Gasteiger partial charge in [-0.25, -0.2) is 0 Å². The summed E-state index contributed by atoms with van der Waals surface area (Å²) in [5.41, 5.74) is -1.76. The van der Waals surface area contributed by atoms with Crippen molar-refractivity contribution in [3.8, 4) is 11.5 Å². The van der Waals surface area contributed by atoms with Gasteiger partial charge < -0.3 is 14.6 Å². The average molecular weight is 306 g/mol. The van der Waals surface area contributed by atoms with Crippen LogP contribution in [0.2, 0.25) is 0 Å². The molecule has 1 aromatic carbocycles. The molecule has 0 saturated carbocycles. The molecule has 0 aliphatic rings. The molecule has 0 radical (unpaired) electrons. The second-order valence-corrected chi connectivity index (χ2v) is 5.20. The fourth-order valence-electron chi connectivity index (χ4n) is 1.94. The van der Waals surface area contributed by atoms with E-state index in [9.17, 15) is 18.0 Å². The fraction of sp³-hybridized carbons (Fsp3) is 0.500. The van der Waals surface area contributed by atoms with Gasteiger partial charge in [0.2, 0.25) is 0 Å². The molecule has 0 fully saturated rings. The van der Waals surface area contributed by atoms with Gasteiger partial charge in [0.05, 0.1) is 19.6 Å². The SMILES string of the molecule is COc1c(CC(C)(C)C(=O)O)ccc(C(F)(F)F)c1OC. The van der Waals surface area contributed by atoms with Crippen molar-refractivity contribution >= 4 is 5.97 Å². The third-order valence-corrected chi connectivity index (χ3v) is 3.12. The summed E-state index contributed by atoms with van der Waals surface area (Å²) in [6.45, 7) is 2.97. The normalized spacial score (nSPS) is 12.1. The molecule has 0 aliphatic heterocycles. The van der Waals surface area contributed by atoms with Crippen LogP contribution in [0.3, 0.4) is 0 Å². The molecule has 0 unspecified atom stereocenters. The van der Waals surface area contributed by atoms with Gasteiger partial charge in [0.1, 0.15) is 5.56 Å². The van der Waals surface area contributed by atoms with Gasteiger partial charge in [-0.1, -0.05) is 6.07 Å². The van der Waals surface area contributed by atoms with E-state index < -0.39 is 28.9 Å². The molecular weight excluding hydrogens is 289 g/mol. The van der Waals surface area contributed by atoms with Crippen molar-refractivity contribution in [3.63, 3.8) is 0 Å². The van der Waals surface area contributed by atoms with E-state index in [1.165, 1.54) is 27.0 Å². The molecule has 0 aliphatic carbocycles. The molecule has 0 amide bonds. The minimum absolute atomic E-state index is 0.0139. The first-order valence-electron chi connectivity index (χ1n) is 6.09. The molecule has 1 rings (SSSR count). The van der Waals surface area contributed by atoms with E-state index >= 15 is 0 Å². The molecule has 0 spiro atoms. The number of methoxy groups -OCH3 is 2. The zero-order chi connectivity index (χ0) is 16.4. The summed E-state index contributed by atoms with van der Waals surface area (Å²) in [4.78, 5) is 11.2. The lowest BCUT2D eigenvalue weighted by Gasteiger charge is -2.23. The van der Waals surface area contributed by atoms with Crippen molar-refractivity contribution in [2.24, 2.45) is 5.41 Å². The van der Waals surface area contributed by atoms with E-state index in [2.05, 4.69) is 0 Å². The van der Waals surface area contributed by atoms with Crippen molar-refractivity contribution < 1.29 is 32.5 Å². The van der Waals surface area contributed by atoms with Crippen molar-refractivity contribution in [3.05, 3.63) is 23.3 Å². The Morgan fingerprint density at radius 3 is 2.05 bits per heavy atom. The Kier molecular flexibility index (Phi) is 4.76. The summed E-state index contributed by atoms with van der Waals surface area (Å²) in [5, 5.41) is 9.12. The molecule has 4 nitrogen and oxygen atoms in total. The van der Waals surface area contributed by atoms with Crippen LogP contribution in [0.15, 0.2) is 12.1 Å². The summed E-state index contributed by atoms with van der Waals surface area (Å²) < 4.78 is 48.6. The quantitative estimate of drug-likeness (QED) is 0.906. The van der Waals surface area contributed by atoms with Crippen LogP contribution in [0, 0.1) is 5.41 Å². The number of carboxylic acid groups (broad SMARTS) is 1. The van der Waals surface area contributed by atoms with Crippen LogP contribution in [0.1, 0.15) is 25.0 Å². The number of carboxylic acids is 1. The highest BCUT2D eigenvalue weighted by molar-refractivity contribution is 5.74. The number of rotatable bonds is 5. The van der Waals surface area contributed by atoms with Gasteiger partial charge in [0, 0.05) is 0 Å². The zero-order valence-electron chi connectivity index (χ0n) is 12.2. The van der Waals surface area contributed by atoms with Gasteiger partial charge >= 0.3 is 12.1 Å². The average Bonchev–Trinajstić information content (AvgIpc) is 2.35. The first-order chi connectivity index (χ1) is 9.54. The second kappa shape index (κ2) is 5.83. The van der Waals surface area contributed by atoms with Crippen LogP contribution in [0.4, 0.5) is 13.2 Å². The van der Waals surface area contributed by atoms with E-state index in [0.29, 0.717) is 5.56 Å². The number of aliphatic carboxylic acids is 1. The molecule has 1 N–H and O–H groups in total. The molecule has 0 atom stereocenters. The highest BCUT2D eigenvalue weighted by atomic mass is 19.4. The molecule has 0 heterocycles. The van der Waals surface area contributed by atoms with Crippen LogP contribution in [0.5, 0.6) is 11.5 Å². The molecule has 0 aromatic heterocycles. The smallest absolute Gasteiger partial charge is 0.420 e. The van der Waals surface area contributed by atoms with Crippen LogP contribution in [-0.4, -0.2) is 25.3 Å². The van der Waals surface area contributed by atoms with Gasteiger partial charge in [0.25, 0.3) is 0 Å². The largest absolute Gasteiger partial charge is 0.493 e. The molecule has 7 heteroatoms. The van der Waals surface area contributed by atoms with Gasteiger partial charge in [-0.15, -0.1) is 0 Å². The van der Waals surface area contributed by atoms with E-state index in [-0.39, 0.29) is 12.2 Å². The van der Waals surface area contributed by atoms with Crippen LogP contribution >= 0.6 is 0 Å². The number of benzene rings is 1. The van der Waals surface area contributed by atoms with Crippen LogP contribution < -0.4 is 9.47 Å². The fourth-order valence-corrected chi connectivity index (χ4v) is 1.94. The monoisotopic (exact) mass is 306 g/mol. The highest BCUT2D eigenvalue weighted by Gasteiger charge is 2.37. The van der Waals surface area contributed by atoms with Gasteiger partial charge in [-0.2, -0.15) is 13.2 Å². The maximum Gasteiger partial charge on any atom is 0.420 e. The van der Waals surface area contributed by atoms with Crippen LogP contribution in [-0.2, 0) is 17.4 Å². The number of halogens is 3. The zero-order valence-corrected chi connectivity index (χ0v) is 12.2. The predicted octanol–water partition coefficient (Wildman–Crippen LogP) is 3.38. The summed E-state index contributed by atoms with van der Waals surface area (Å²) in [5.74, 6) is -1.59. The first-order valence-corrected chi connectivity index (χ1v) is 6.09. The van der Waals surface area contributed by atoms with Crippen molar-refractivity contribution in [2.75, 3.05) is 14.2 Å². The van der Waals surface area contributed by atoms with Gasteiger partial charge in [0.15, 0.2) is 11.5 Å². The summed E-state index contributed by atoms with van der Waals surface area (Å²) in [6, 6.07) is 2.09. The molecule has 0 bridgehead atoms. The Bertz CT molecular complexity index is 536. The van der Waals surface area contributed by atoms with Crippen molar-refractivity contribution in [1.82, 2.24) is 0 Å². The lowest BCUT2D eigenvalue weighted by molar-refractivity contribution is -0.147. The summed E-state index contributed by atoms with van der Waals surface area (Å²) in [7, 11) is 2.33. The maximum atomic E-state index is 12.9. The Labute approximate surface area is 120 Å². The predicted molar refractivity (Wildman–Crippen MR) is 69.7 cm³/mol. The summed E-state index contributed by atoms with van der Waals surface area (Å²) in [6.07, 6.45) is -4.57. The lowest BCUT2D eigenvalue weighted by atomic mass is 9.85. The molecule has 21 heavy (non-hydrogen) atoms. The van der Waals surface area contributed by atoms with E-state index in [1.807, 2.05) is 0 Å². The number of hydrogen-bond acceptors (Lipinski definition) is 3. The molecule has 1 aromatic rings. The lowest BCUT2D eigenvalue weighted by Crippen LogP contribution is -2.26. The standard InChI is InChI=1S/C14H17F3O4/c1-13(2,12(18)19)7-8-5-6-9(14(15,16)17)11(21-4)10(8)20-3/h5-6H,7H2,1-4H3,(H,18,19). The second-order valence-electron chi connectivity index (χ2n) is 5.20. The third kappa shape index (κ3) is 3.59. The number of ether oxygens (including phenoxy) is 2. The molecule has 118 valence electrons. The molecule has 0 saturated heterocycles. The number of hydrogen-bond donors (Lipinski definition) is 1.